The molecule has 1 aliphatic heterocycles. The van der Waals surface area contributed by atoms with Gasteiger partial charge in [0.05, 0.1) is 28.4 Å². The van der Waals surface area contributed by atoms with Gasteiger partial charge in [-0.15, -0.1) is 0 Å². The number of hydrogen-bond donors (Lipinski definition) is 2. The molecular formula is C46H38N4O5. The number of benzene rings is 6. The Kier molecular flexibility index (Phi) is 9.82. The van der Waals surface area contributed by atoms with Gasteiger partial charge in [-0.25, -0.2) is 4.79 Å². The Bertz CT molecular complexity index is 2480. The zero-order valence-corrected chi connectivity index (χ0v) is 29.9. The first-order valence-electron chi connectivity index (χ1n) is 18.1. The van der Waals surface area contributed by atoms with Crippen LogP contribution in [0.5, 0.6) is 5.75 Å². The van der Waals surface area contributed by atoms with Gasteiger partial charge in [0, 0.05) is 36.0 Å². The maximum atomic E-state index is 14.9. The summed E-state index contributed by atoms with van der Waals surface area (Å²) in [5.41, 5.74) is 6.81. The molecule has 272 valence electrons. The molecule has 9 heteroatoms. The van der Waals surface area contributed by atoms with Crippen molar-refractivity contribution < 1.29 is 24.2 Å². The van der Waals surface area contributed by atoms with Crippen LogP contribution in [0, 0.1) is 0 Å². The van der Waals surface area contributed by atoms with Gasteiger partial charge in [0.25, 0.3) is 11.8 Å². The normalized spacial score (nSPS) is 13.5. The molecule has 0 spiro atoms. The van der Waals surface area contributed by atoms with Crippen LogP contribution in [-0.2, 0) is 19.6 Å². The third-order valence-electron chi connectivity index (χ3n) is 10.0. The number of carboxylic acid groups (broad SMARTS) is 1. The molecule has 6 aromatic carbocycles. The van der Waals surface area contributed by atoms with Crippen LogP contribution in [0.15, 0.2) is 164 Å². The van der Waals surface area contributed by atoms with E-state index in [-0.39, 0.29) is 24.4 Å². The van der Waals surface area contributed by atoms with Gasteiger partial charge in [-0.05, 0) is 77.7 Å². The first kappa shape index (κ1) is 34.9. The molecule has 8 rings (SSSR count). The van der Waals surface area contributed by atoms with Gasteiger partial charge in [-0.1, -0.05) is 103 Å². The van der Waals surface area contributed by atoms with Crippen LogP contribution in [0.3, 0.4) is 0 Å². The number of para-hydroxylation sites is 3. The van der Waals surface area contributed by atoms with Gasteiger partial charge >= 0.3 is 6.09 Å². The fourth-order valence-electron chi connectivity index (χ4n) is 7.29. The summed E-state index contributed by atoms with van der Waals surface area (Å²) in [6, 6.07) is 49.5. The summed E-state index contributed by atoms with van der Waals surface area (Å²) in [4.78, 5) is 44.5. The van der Waals surface area contributed by atoms with Gasteiger partial charge in [0.15, 0.2) is 0 Å². The molecule has 0 fully saturated rings. The van der Waals surface area contributed by atoms with Crippen molar-refractivity contribution in [3.8, 4) is 11.4 Å². The van der Waals surface area contributed by atoms with Crippen molar-refractivity contribution >= 4 is 40.2 Å². The van der Waals surface area contributed by atoms with Crippen molar-refractivity contribution in [3.05, 3.63) is 192 Å². The van der Waals surface area contributed by atoms with Crippen molar-refractivity contribution in [2.45, 2.75) is 25.6 Å². The zero-order valence-electron chi connectivity index (χ0n) is 29.9. The highest BCUT2D eigenvalue weighted by atomic mass is 16.5. The Morgan fingerprint density at radius 2 is 1.33 bits per heavy atom. The third kappa shape index (κ3) is 7.28. The molecule has 3 amide bonds. The predicted molar refractivity (Wildman–Crippen MR) is 213 cm³/mol. The van der Waals surface area contributed by atoms with E-state index in [0.717, 1.165) is 27.6 Å². The lowest BCUT2D eigenvalue weighted by Gasteiger charge is -2.37. The van der Waals surface area contributed by atoms with E-state index in [1.165, 1.54) is 0 Å². The molecule has 2 N–H and O–H groups in total. The molecule has 0 bridgehead atoms. The number of aromatic nitrogens is 1. The van der Waals surface area contributed by atoms with E-state index in [2.05, 4.69) is 5.32 Å². The highest BCUT2D eigenvalue weighted by Gasteiger charge is 2.32. The average molecular weight is 727 g/mol. The molecule has 55 heavy (non-hydrogen) atoms. The number of carbonyl (C=O) groups excluding carboxylic acids is 2. The molecular weight excluding hydrogens is 689 g/mol. The van der Waals surface area contributed by atoms with E-state index < -0.39 is 6.09 Å². The minimum Gasteiger partial charge on any atom is -0.489 e. The predicted octanol–water partition coefficient (Wildman–Crippen LogP) is 9.02. The second-order valence-corrected chi connectivity index (χ2v) is 13.4. The number of amides is 3. The van der Waals surface area contributed by atoms with Crippen LogP contribution < -0.4 is 15.0 Å². The maximum Gasteiger partial charge on any atom is 0.404 e. The van der Waals surface area contributed by atoms with E-state index in [1.54, 1.807) is 22.1 Å². The molecule has 0 radical (unpaired) electrons. The summed E-state index contributed by atoms with van der Waals surface area (Å²) in [5.74, 6) is 0.216. The Balaban J connectivity index is 1.16. The summed E-state index contributed by atoms with van der Waals surface area (Å²) in [6.07, 6.45) is 1.19. The van der Waals surface area contributed by atoms with Crippen molar-refractivity contribution in [2.75, 3.05) is 11.4 Å². The lowest BCUT2D eigenvalue weighted by molar-refractivity contribution is 0.0637. The maximum absolute atomic E-state index is 14.9. The average Bonchev–Trinajstić information content (AvgIpc) is 3.62. The number of carbonyl (C=O) groups is 3. The molecule has 0 saturated heterocycles. The lowest BCUT2D eigenvalue weighted by Crippen LogP contribution is -2.50. The van der Waals surface area contributed by atoms with Crippen molar-refractivity contribution in [1.29, 1.82) is 0 Å². The van der Waals surface area contributed by atoms with Gasteiger partial charge in [0.1, 0.15) is 12.4 Å². The van der Waals surface area contributed by atoms with E-state index >= 15 is 0 Å². The summed E-state index contributed by atoms with van der Waals surface area (Å²) in [7, 11) is 0. The fourth-order valence-corrected chi connectivity index (χ4v) is 7.29. The second-order valence-electron chi connectivity index (χ2n) is 13.4. The largest absolute Gasteiger partial charge is 0.489 e. The first-order valence-corrected chi connectivity index (χ1v) is 18.1. The topological polar surface area (TPSA) is 104 Å². The Hall–Kier alpha value is -7.13. The van der Waals surface area contributed by atoms with Crippen LogP contribution in [0.25, 0.3) is 16.6 Å². The zero-order chi connectivity index (χ0) is 37.7. The molecule has 0 aliphatic carbocycles. The van der Waals surface area contributed by atoms with E-state index in [4.69, 9.17) is 4.74 Å². The van der Waals surface area contributed by atoms with E-state index in [9.17, 15) is 19.5 Å². The van der Waals surface area contributed by atoms with Crippen molar-refractivity contribution in [3.63, 3.8) is 0 Å². The minimum absolute atomic E-state index is 0.0954. The molecule has 9 nitrogen and oxygen atoms in total. The summed E-state index contributed by atoms with van der Waals surface area (Å²) in [6.45, 7) is 0.863. The molecule has 0 unspecified atom stereocenters. The lowest BCUT2D eigenvalue weighted by atomic mass is 9.93. The molecule has 1 aliphatic rings. The first-order chi connectivity index (χ1) is 26.9. The molecule has 7 aromatic rings. The third-order valence-corrected chi connectivity index (χ3v) is 10.0. The van der Waals surface area contributed by atoms with E-state index in [0.29, 0.717) is 53.5 Å². The second kappa shape index (κ2) is 15.5. The molecule has 2 heterocycles. The highest BCUT2D eigenvalue weighted by Crippen LogP contribution is 2.34. The molecule has 1 atom stereocenters. The smallest absolute Gasteiger partial charge is 0.404 e. The van der Waals surface area contributed by atoms with Gasteiger partial charge in [0.2, 0.25) is 0 Å². The summed E-state index contributed by atoms with van der Waals surface area (Å²) >= 11 is 0. The van der Waals surface area contributed by atoms with Crippen LogP contribution >= 0.6 is 0 Å². The van der Waals surface area contributed by atoms with E-state index in [1.807, 2.05) is 156 Å². The molecule has 0 saturated carbocycles. The van der Waals surface area contributed by atoms with Crippen LogP contribution in [0.1, 0.15) is 37.4 Å². The summed E-state index contributed by atoms with van der Waals surface area (Å²) in [5, 5.41) is 12.6. The van der Waals surface area contributed by atoms with Gasteiger partial charge in [-0.2, -0.15) is 0 Å². The Labute approximate surface area is 318 Å². The summed E-state index contributed by atoms with van der Waals surface area (Å²) < 4.78 is 7.95. The number of rotatable bonds is 10. The number of nitrogens with one attached hydrogen (secondary N) is 1. The number of fused-ring (bicyclic) bond motifs is 2. The number of ether oxygens (including phenoxy) is 1. The quantitative estimate of drug-likeness (QED) is 0.146. The van der Waals surface area contributed by atoms with Crippen molar-refractivity contribution in [2.24, 2.45) is 0 Å². The van der Waals surface area contributed by atoms with Gasteiger partial charge < -0.3 is 24.6 Å². The fraction of sp³-hybridized carbons (Fsp3) is 0.109. The minimum atomic E-state index is -1.14. The number of hydrogen-bond acceptors (Lipinski definition) is 4. The monoisotopic (exact) mass is 726 g/mol. The Morgan fingerprint density at radius 3 is 2.09 bits per heavy atom. The number of nitrogens with zero attached hydrogens (tertiary/aromatic N) is 3. The Morgan fingerprint density at radius 1 is 0.691 bits per heavy atom. The number of anilines is 2. The van der Waals surface area contributed by atoms with Crippen molar-refractivity contribution in [1.82, 2.24) is 14.8 Å². The van der Waals surface area contributed by atoms with Crippen LogP contribution in [0.2, 0.25) is 0 Å². The van der Waals surface area contributed by atoms with Crippen LogP contribution in [-0.4, -0.2) is 45.1 Å². The SMILES string of the molecule is O=C(O)NC[C@@H]1Cc2ccccc2CN1C(=O)c1ccccc1-n1cc(C(=O)N(c2ccccc2)c2ccc(OCc3ccccc3)cc2)c2ccccc21. The van der Waals surface area contributed by atoms with Gasteiger partial charge in [-0.3, -0.25) is 14.5 Å². The van der Waals surface area contributed by atoms with Crippen LogP contribution in [0.4, 0.5) is 16.2 Å². The highest BCUT2D eigenvalue weighted by molar-refractivity contribution is 6.17. The molecule has 1 aromatic heterocycles. The standard InChI is InChI=1S/C46H38N4O5/c51-44(48-29-34-16-8-7-15-33(34)27-37(48)28-47-46(53)54)40-20-10-12-22-43(40)49-30-41(39-19-9-11-21-42(39)49)45(52)50(35-17-5-2-6-18-35)36-23-25-38(26-24-36)55-31-32-13-3-1-4-14-32/h1-26,30,37,47H,27-29,31H2,(H,53,54)/t37-/m0/s1.